The lowest BCUT2D eigenvalue weighted by atomic mass is 10.0. The van der Waals surface area contributed by atoms with Crippen molar-refractivity contribution < 1.29 is 14.3 Å². The summed E-state index contributed by atoms with van der Waals surface area (Å²) >= 11 is 7.51. The zero-order valence-corrected chi connectivity index (χ0v) is 16.0. The summed E-state index contributed by atoms with van der Waals surface area (Å²) in [7, 11) is 0. The van der Waals surface area contributed by atoms with Gasteiger partial charge in [0.2, 0.25) is 0 Å². The number of carbonyl (C=O) groups is 2. The average molecular weight is 386 g/mol. The van der Waals surface area contributed by atoms with E-state index >= 15 is 0 Å². The molecule has 2 aliphatic rings. The third kappa shape index (κ3) is 4.27. The third-order valence-electron chi connectivity index (χ3n) is 4.85. The predicted molar refractivity (Wildman–Crippen MR) is 98.4 cm³/mol. The Morgan fingerprint density at radius 1 is 1.24 bits per heavy atom. The van der Waals surface area contributed by atoms with Crippen molar-refractivity contribution >= 4 is 34.9 Å². The first-order chi connectivity index (χ1) is 12.1. The van der Waals surface area contributed by atoms with Crippen molar-refractivity contribution in [2.24, 2.45) is 0 Å². The second-order valence-corrected chi connectivity index (χ2v) is 7.69. The van der Waals surface area contributed by atoms with Crippen LogP contribution in [0.5, 0.6) is 0 Å². The highest BCUT2D eigenvalue weighted by Crippen LogP contribution is 2.26. The molecule has 0 N–H and O–H groups in total. The maximum absolute atomic E-state index is 12.7. The highest BCUT2D eigenvalue weighted by Gasteiger charge is 2.32. The van der Waals surface area contributed by atoms with Gasteiger partial charge in [-0.1, -0.05) is 11.6 Å². The molecule has 8 heteroatoms. The molecule has 25 heavy (non-hydrogen) atoms. The molecule has 2 aliphatic heterocycles. The summed E-state index contributed by atoms with van der Waals surface area (Å²) in [6.07, 6.45) is 1.86. The van der Waals surface area contributed by atoms with Crippen LogP contribution in [0.25, 0.3) is 0 Å². The smallest absolute Gasteiger partial charge is 0.409 e. The van der Waals surface area contributed by atoms with Crippen LogP contribution in [0, 0.1) is 0 Å². The van der Waals surface area contributed by atoms with Gasteiger partial charge < -0.3 is 14.5 Å². The van der Waals surface area contributed by atoms with E-state index in [1.54, 1.807) is 11.0 Å². The summed E-state index contributed by atoms with van der Waals surface area (Å²) in [6, 6.07) is 2.12. The van der Waals surface area contributed by atoms with Crippen molar-refractivity contribution in [3.8, 4) is 0 Å². The van der Waals surface area contributed by atoms with Gasteiger partial charge in [-0.25, -0.2) is 4.79 Å². The molecule has 1 aromatic heterocycles. The number of hydrogen-bond donors (Lipinski definition) is 0. The normalized spacial score (nSPS) is 22.1. The largest absolute Gasteiger partial charge is 0.450 e. The van der Waals surface area contributed by atoms with Crippen LogP contribution in [-0.2, 0) is 4.74 Å². The van der Waals surface area contributed by atoms with Gasteiger partial charge in [-0.3, -0.25) is 9.69 Å². The number of likely N-dealkylation sites (tertiary alicyclic amines) is 1. The van der Waals surface area contributed by atoms with Gasteiger partial charge in [0.15, 0.2) is 0 Å². The summed E-state index contributed by atoms with van der Waals surface area (Å²) in [4.78, 5) is 31.2. The molecule has 3 rings (SSSR count). The number of thiophene rings is 1. The lowest BCUT2D eigenvalue weighted by Gasteiger charge is -2.43. The molecule has 2 fully saturated rings. The standard InChI is InChI=1S/C17H24ClN3O3S/c1-2-24-17(23)20-9-7-19(8-10-20)13-4-3-6-21(12-13)16(22)15-14(18)5-11-25-15/h5,11,13H,2-4,6-10,12H2,1H3/t13-/m0/s1. The molecule has 0 aliphatic carbocycles. The van der Waals surface area contributed by atoms with Gasteiger partial charge in [-0.15, -0.1) is 11.3 Å². The Morgan fingerprint density at radius 2 is 2.00 bits per heavy atom. The van der Waals surface area contributed by atoms with Crippen molar-refractivity contribution in [3.05, 3.63) is 21.3 Å². The molecule has 0 aromatic carbocycles. The summed E-state index contributed by atoms with van der Waals surface area (Å²) in [5.74, 6) is 0.0369. The number of piperidine rings is 1. The number of carbonyl (C=O) groups excluding carboxylic acids is 2. The van der Waals surface area contributed by atoms with Gasteiger partial charge in [0, 0.05) is 45.3 Å². The van der Waals surface area contributed by atoms with Crippen LogP contribution >= 0.6 is 22.9 Å². The van der Waals surface area contributed by atoms with Crippen LogP contribution in [0.2, 0.25) is 5.02 Å². The first-order valence-corrected chi connectivity index (χ1v) is 10.0. The van der Waals surface area contributed by atoms with E-state index in [4.69, 9.17) is 16.3 Å². The van der Waals surface area contributed by atoms with Crippen molar-refractivity contribution in [1.29, 1.82) is 0 Å². The molecular weight excluding hydrogens is 362 g/mol. The molecule has 3 heterocycles. The van der Waals surface area contributed by atoms with E-state index in [9.17, 15) is 9.59 Å². The van der Waals surface area contributed by atoms with Crippen LogP contribution in [0.15, 0.2) is 11.4 Å². The predicted octanol–water partition coefficient (Wildman–Crippen LogP) is 2.78. The van der Waals surface area contributed by atoms with E-state index in [1.807, 2.05) is 17.2 Å². The molecule has 0 spiro atoms. The summed E-state index contributed by atoms with van der Waals surface area (Å²) in [6.45, 7) is 6.75. The van der Waals surface area contributed by atoms with E-state index in [1.165, 1.54) is 11.3 Å². The Hall–Kier alpha value is -1.31. The van der Waals surface area contributed by atoms with E-state index in [0.29, 0.717) is 35.6 Å². The minimum atomic E-state index is -0.227. The van der Waals surface area contributed by atoms with Crippen LogP contribution in [-0.4, -0.2) is 78.6 Å². The molecule has 0 radical (unpaired) electrons. The molecule has 2 saturated heterocycles. The Morgan fingerprint density at radius 3 is 2.64 bits per heavy atom. The van der Waals surface area contributed by atoms with Gasteiger partial charge in [-0.2, -0.15) is 0 Å². The Kier molecular flexibility index (Phi) is 6.19. The monoisotopic (exact) mass is 385 g/mol. The van der Waals surface area contributed by atoms with Crippen molar-refractivity contribution in [2.75, 3.05) is 45.9 Å². The molecule has 6 nitrogen and oxygen atoms in total. The van der Waals surface area contributed by atoms with Crippen LogP contribution in [0.4, 0.5) is 4.79 Å². The quantitative estimate of drug-likeness (QED) is 0.802. The van der Waals surface area contributed by atoms with Crippen molar-refractivity contribution in [3.63, 3.8) is 0 Å². The van der Waals surface area contributed by atoms with Gasteiger partial charge in [0.1, 0.15) is 4.88 Å². The van der Waals surface area contributed by atoms with E-state index in [0.717, 1.165) is 39.0 Å². The van der Waals surface area contributed by atoms with Crippen molar-refractivity contribution in [1.82, 2.24) is 14.7 Å². The highest BCUT2D eigenvalue weighted by atomic mass is 35.5. The van der Waals surface area contributed by atoms with Crippen LogP contribution < -0.4 is 0 Å². The minimum Gasteiger partial charge on any atom is -0.450 e. The average Bonchev–Trinajstić information content (AvgIpc) is 3.07. The second-order valence-electron chi connectivity index (χ2n) is 6.37. The number of rotatable bonds is 3. The Labute approximate surface area is 157 Å². The first-order valence-electron chi connectivity index (χ1n) is 8.78. The van der Waals surface area contributed by atoms with Gasteiger partial charge >= 0.3 is 6.09 Å². The van der Waals surface area contributed by atoms with Crippen LogP contribution in [0.1, 0.15) is 29.4 Å². The highest BCUT2D eigenvalue weighted by molar-refractivity contribution is 7.12. The fourth-order valence-electron chi connectivity index (χ4n) is 3.51. The number of hydrogen-bond acceptors (Lipinski definition) is 5. The number of amides is 2. The number of nitrogens with zero attached hydrogens (tertiary/aromatic N) is 3. The number of piperazine rings is 1. The topological polar surface area (TPSA) is 53.1 Å². The zero-order valence-electron chi connectivity index (χ0n) is 14.4. The minimum absolute atomic E-state index is 0.0369. The summed E-state index contributed by atoms with van der Waals surface area (Å²) < 4.78 is 5.07. The molecule has 138 valence electrons. The van der Waals surface area contributed by atoms with E-state index in [2.05, 4.69) is 4.90 Å². The van der Waals surface area contributed by atoms with Gasteiger partial charge in [0.05, 0.1) is 11.6 Å². The van der Waals surface area contributed by atoms with E-state index < -0.39 is 0 Å². The SMILES string of the molecule is CCOC(=O)N1CCN([C@H]2CCCN(C(=O)c3sccc3Cl)C2)CC1. The van der Waals surface area contributed by atoms with Gasteiger partial charge in [-0.05, 0) is 31.2 Å². The van der Waals surface area contributed by atoms with E-state index in [-0.39, 0.29) is 12.0 Å². The van der Waals surface area contributed by atoms with Gasteiger partial charge in [0.25, 0.3) is 5.91 Å². The van der Waals surface area contributed by atoms with Crippen LogP contribution in [0.3, 0.4) is 0 Å². The lowest BCUT2D eigenvalue weighted by molar-refractivity contribution is 0.0380. The molecule has 2 amide bonds. The Bertz CT molecular complexity index is 616. The fraction of sp³-hybridized carbons (Fsp3) is 0.647. The lowest BCUT2D eigenvalue weighted by Crippen LogP contribution is -2.56. The first kappa shape index (κ1) is 18.5. The second kappa shape index (κ2) is 8.38. The van der Waals surface area contributed by atoms with Crippen molar-refractivity contribution in [2.45, 2.75) is 25.8 Å². The zero-order chi connectivity index (χ0) is 17.8. The molecule has 0 saturated carbocycles. The fourth-order valence-corrected chi connectivity index (χ4v) is 4.61. The molecule has 1 atom stereocenters. The number of halogens is 1. The number of ether oxygens (including phenoxy) is 1. The molecular formula is C17H24ClN3O3S. The Balaban J connectivity index is 1.55. The maximum atomic E-state index is 12.7. The summed E-state index contributed by atoms with van der Waals surface area (Å²) in [5, 5.41) is 2.39. The summed E-state index contributed by atoms with van der Waals surface area (Å²) in [5.41, 5.74) is 0. The molecule has 1 aromatic rings. The third-order valence-corrected chi connectivity index (χ3v) is 6.18. The molecule has 0 bridgehead atoms. The maximum Gasteiger partial charge on any atom is 0.409 e. The molecule has 0 unspecified atom stereocenters.